The molecular weight excluding hydrogens is 236 g/mol. The van der Waals surface area contributed by atoms with E-state index in [4.69, 9.17) is 10.5 Å². The van der Waals surface area contributed by atoms with Gasteiger partial charge in [-0.3, -0.25) is 4.79 Å². The van der Waals surface area contributed by atoms with Gasteiger partial charge in [-0.1, -0.05) is 0 Å². The fourth-order valence-corrected chi connectivity index (χ4v) is 1.82. The van der Waals surface area contributed by atoms with Gasteiger partial charge in [0.15, 0.2) is 0 Å². The lowest BCUT2D eigenvalue weighted by Crippen LogP contribution is -2.43. The summed E-state index contributed by atoms with van der Waals surface area (Å²) in [5.41, 5.74) is 5.11. The number of ether oxygens (including phenoxy) is 1. The lowest BCUT2D eigenvalue weighted by Gasteiger charge is -2.20. The number of aliphatic hydroxyl groups is 1. The van der Waals surface area contributed by atoms with Crippen molar-refractivity contribution in [1.82, 2.24) is 5.32 Å². The third-order valence-electron chi connectivity index (χ3n) is 2.94. The molecule has 1 unspecified atom stereocenters. The van der Waals surface area contributed by atoms with Crippen molar-refractivity contribution < 1.29 is 19.7 Å². The summed E-state index contributed by atoms with van der Waals surface area (Å²) >= 11 is 0. The molecule has 1 fully saturated rings. The zero-order chi connectivity index (χ0) is 13.2. The average molecular weight is 252 g/mol. The zero-order valence-corrected chi connectivity index (χ0v) is 9.85. The molecule has 1 aromatic carbocycles. The van der Waals surface area contributed by atoms with Gasteiger partial charge in [-0.15, -0.1) is 0 Å². The number of carbonyl (C=O) groups excluding carboxylic acids is 1. The topological polar surface area (TPSA) is 105 Å². The van der Waals surface area contributed by atoms with Gasteiger partial charge in [0, 0.05) is 25.3 Å². The third-order valence-corrected chi connectivity index (χ3v) is 2.94. The highest BCUT2D eigenvalue weighted by Gasteiger charge is 2.32. The average Bonchev–Trinajstić information content (AvgIpc) is 2.77. The van der Waals surface area contributed by atoms with Gasteiger partial charge in [-0.05, 0) is 18.2 Å². The van der Waals surface area contributed by atoms with Gasteiger partial charge in [0.2, 0.25) is 0 Å². The van der Waals surface area contributed by atoms with Gasteiger partial charge < -0.3 is 26.0 Å². The number of anilines is 1. The van der Waals surface area contributed by atoms with E-state index in [1.165, 1.54) is 18.2 Å². The smallest absolute Gasteiger partial charge is 0.253 e. The lowest BCUT2D eigenvalue weighted by atomic mass is 10.0. The Morgan fingerprint density at radius 3 is 3.00 bits per heavy atom. The molecule has 0 radical (unpaired) electrons. The van der Waals surface area contributed by atoms with E-state index in [9.17, 15) is 15.0 Å². The first-order valence-electron chi connectivity index (χ1n) is 5.67. The molecule has 1 heterocycles. The molecule has 6 heteroatoms. The van der Waals surface area contributed by atoms with Gasteiger partial charge in [-0.25, -0.2) is 0 Å². The number of hydrogen-bond acceptors (Lipinski definition) is 5. The highest BCUT2D eigenvalue weighted by molar-refractivity contribution is 5.99. The monoisotopic (exact) mass is 252 g/mol. The number of aromatic hydroxyl groups is 1. The van der Waals surface area contributed by atoms with E-state index in [0.717, 1.165) is 0 Å². The first-order valence-corrected chi connectivity index (χ1v) is 5.67. The molecule has 0 bridgehead atoms. The Morgan fingerprint density at radius 2 is 2.33 bits per heavy atom. The zero-order valence-electron chi connectivity index (χ0n) is 9.85. The molecular formula is C12H16N2O4. The normalized spacial score (nSPS) is 22.9. The molecule has 1 amide bonds. The van der Waals surface area contributed by atoms with Crippen molar-refractivity contribution in [2.45, 2.75) is 12.0 Å². The summed E-state index contributed by atoms with van der Waals surface area (Å²) < 4.78 is 5.07. The van der Waals surface area contributed by atoms with E-state index in [2.05, 4.69) is 5.32 Å². The molecule has 5 N–H and O–H groups in total. The van der Waals surface area contributed by atoms with E-state index < -0.39 is 11.5 Å². The van der Waals surface area contributed by atoms with E-state index in [1.54, 1.807) is 0 Å². The molecule has 0 aromatic heterocycles. The Hall–Kier alpha value is -1.79. The number of hydrogen-bond donors (Lipinski definition) is 4. The summed E-state index contributed by atoms with van der Waals surface area (Å²) in [5.74, 6) is -0.457. The van der Waals surface area contributed by atoms with Crippen LogP contribution >= 0.6 is 0 Å². The number of phenols is 1. The molecule has 1 saturated heterocycles. The quantitative estimate of drug-likeness (QED) is 0.442. The molecule has 0 aliphatic carbocycles. The Labute approximate surface area is 104 Å². The molecule has 6 nitrogen and oxygen atoms in total. The Kier molecular flexibility index (Phi) is 3.40. The molecule has 18 heavy (non-hydrogen) atoms. The number of nitrogens with two attached hydrogens (primary N) is 1. The van der Waals surface area contributed by atoms with Crippen LogP contribution in [0, 0.1) is 0 Å². The number of benzene rings is 1. The minimum atomic E-state index is -1.01. The predicted molar refractivity (Wildman–Crippen MR) is 65.2 cm³/mol. The van der Waals surface area contributed by atoms with Crippen LogP contribution < -0.4 is 11.1 Å². The molecule has 0 spiro atoms. The summed E-state index contributed by atoms with van der Waals surface area (Å²) in [6.45, 7) is 0.796. The minimum absolute atomic E-state index is 0.0303. The number of phenolic OH excluding ortho intramolecular Hbond substituents is 1. The Balaban J connectivity index is 2.01. The number of rotatable bonds is 3. The maximum atomic E-state index is 11.9. The minimum Gasteiger partial charge on any atom is -0.508 e. The number of nitrogens with one attached hydrogen (secondary N) is 1. The van der Waals surface area contributed by atoms with Crippen LogP contribution in [0.2, 0.25) is 0 Å². The number of amides is 1. The Morgan fingerprint density at radius 1 is 1.56 bits per heavy atom. The third kappa shape index (κ3) is 2.72. The summed E-state index contributed by atoms with van der Waals surface area (Å²) in [6, 6.07) is 4.15. The maximum Gasteiger partial charge on any atom is 0.253 e. The standard InChI is InChI=1S/C12H16N2O4/c13-10-2-1-8(15)5-9(10)11(16)14-6-12(17)3-4-18-7-12/h1-2,5,15,17H,3-4,6-7,13H2,(H,14,16). The van der Waals surface area contributed by atoms with Crippen LogP contribution in [0.5, 0.6) is 5.75 Å². The van der Waals surface area contributed by atoms with Gasteiger partial charge >= 0.3 is 0 Å². The SMILES string of the molecule is Nc1ccc(O)cc1C(=O)NCC1(O)CCOC1. The van der Waals surface area contributed by atoms with Crippen molar-refractivity contribution in [3.8, 4) is 5.75 Å². The molecule has 1 aliphatic rings. The van der Waals surface area contributed by atoms with Crippen LogP contribution in [0.15, 0.2) is 18.2 Å². The Bertz CT molecular complexity index is 455. The first kappa shape index (κ1) is 12.7. The van der Waals surface area contributed by atoms with E-state index >= 15 is 0 Å². The van der Waals surface area contributed by atoms with E-state index in [-0.39, 0.29) is 30.2 Å². The summed E-state index contributed by atoms with van der Waals surface area (Å²) in [5, 5.41) is 21.9. The lowest BCUT2D eigenvalue weighted by molar-refractivity contribution is 0.0265. The fraction of sp³-hybridized carbons (Fsp3) is 0.417. The highest BCUT2D eigenvalue weighted by Crippen LogP contribution is 2.20. The van der Waals surface area contributed by atoms with Crippen LogP contribution in [0.3, 0.4) is 0 Å². The second-order valence-corrected chi connectivity index (χ2v) is 4.48. The van der Waals surface area contributed by atoms with Crippen LogP contribution in [-0.4, -0.2) is 41.5 Å². The summed E-state index contributed by atoms with van der Waals surface area (Å²) in [7, 11) is 0. The number of nitrogen functional groups attached to an aromatic ring is 1. The number of carbonyl (C=O) groups is 1. The van der Waals surface area contributed by atoms with Crippen LogP contribution in [0.4, 0.5) is 5.69 Å². The fourth-order valence-electron chi connectivity index (χ4n) is 1.82. The highest BCUT2D eigenvalue weighted by atomic mass is 16.5. The van der Waals surface area contributed by atoms with Crippen LogP contribution in [0.25, 0.3) is 0 Å². The summed E-state index contributed by atoms with van der Waals surface area (Å²) in [6.07, 6.45) is 0.489. The van der Waals surface area contributed by atoms with Crippen LogP contribution in [0.1, 0.15) is 16.8 Å². The van der Waals surface area contributed by atoms with E-state index in [0.29, 0.717) is 13.0 Å². The van der Waals surface area contributed by atoms with Gasteiger partial charge in [0.25, 0.3) is 5.91 Å². The first-order chi connectivity index (χ1) is 8.50. The maximum absolute atomic E-state index is 11.9. The van der Waals surface area contributed by atoms with Crippen molar-refractivity contribution in [2.24, 2.45) is 0 Å². The molecule has 0 saturated carbocycles. The predicted octanol–water partition coefficient (Wildman–Crippen LogP) is -0.144. The molecule has 1 aromatic rings. The van der Waals surface area contributed by atoms with Crippen molar-refractivity contribution in [2.75, 3.05) is 25.5 Å². The van der Waals surface area contributed by atoms with Crippen molar-refractivity contribution in [3.05, 3.63) is 23.8 Å². The van der Waals surface area contributed by atoms with Gasteiger partial charge in [-0.2, -0.15) is 0 Å². The summed E-state index contributed by atoms with van der Waals surface area (Å²) in [4.78, 5) is 11.9. The van der Waals surface area contributed by atoms with Gasteiger partial charge in [0.1, 0.15) is 11.4 Å². The van der Waals surface area contributed by atoms with Crippen molar-refractivity contribution in [3.63, 3.8) is 0 Å². The van der Waals surface area contributed by atoms with Gasteiger partial charge in [0.05, 0.1) is 12.2 Å². The molecule has 2 rings (SSSR count). The van der Waals surface area contributed by atoms with E-state index in [1.807, 2.05) is 0 Å². The largest absolute Gasteiger partial charge is 0.508 e. The molecule has 1 aliphatic heterocycles. The van der Waals surface area contributed by atoms with Crippen molar-refractivity contribution in [1.29, 1.82) is 0 Å². The molecule has 98 valence electrons. The molecule has 1 atom stereocenters. The second kappa shape index (κ2) is 4.83. The van der Waals surface area contributed by atoms with Crippen LogP contribution in [-0.2, 0) is 4.74 Å². The van der Waals surface area contributed by atoms with Crippen molar-refractivity contribution >= 4 is 11.6 Å². The second-order valence-electron chi connectivity index (χ2n) is 4.48.